The summed E-state index contributed by atoms with van der Waals surface area (Å²) in [7, 11) is 0. The van der Waals surface area contributed by atoms with Crippen molar-refractivity contribution in [1.29, 1.82) is 0 Å². The highest BCUT2D eigenvalue weighted by Crippen LogP contribution is 2.24. The molecule has 3 heterocycles. The Morgan fingerprint density at radius 1 is 0.952 bits per heavy atom. The highest BCUT2D eigenvalue weighted by molar-refractivity contribution is 4.83. The molecule has 2 unspecified atom stereocenters. The monoisotopic (exact) mass is 293 g/mol. The van der Waals surface area contributed by atoms with Gasteiger partial charge in [-0.05, 0) is 90.5 Å². The molecule has 0 amide bonds. The molecule has 3 aliphatic heterocycles. The summed E-state index contributed by atoms with van der Waals surface area (Å²) >= 11 is 0. The third-order valence-corrected chi connectivity index (χ3v) is 6.03. The maximum absolute atomic E-state index is 3.71. The Labute approximate surface area is 131 Å². The average Bonchev–Trinajstić information content (AvgIpc) is 3.02. The van der Waals surface area contributed by atoms with Gasteiger partial charge in [0.15, 0.2) is 0 Å². The van der Waals surface area contributed by atoms with Crippen LogP contribution in [0.5, 0.6) is 0 Å². The minimum Gasteiger partial charge on any atom is -0.314 e. The van der Waals surface area contributed by atoms with Crippen LogP contribution in [0.3, 0.4) is 0 Å². The van der Waals surface area contributed by atoms with Crippen molar-refractivity contribution in [2.24, 2.45) is 5.92 Å². The molecule has 21 heavy (non-hydrogen) atoms. The molecule has 3 fully saturated rings. The molecular weight excluding hydrogens is 258 g/mol. The van der Waals surface area contributed by atoms with Gasteiger partial charge < -0.3 is 15.1 Å². The van der Waals surface area contributed by atoms with Crippen molar-refractivity contribution in [3.05, 3.63) is 0 Å². The van der Waals surface area contributed by atoms with Gasteiger partial charge in [0.05, 0.1) is 0 Å². The average molecular weight is 293 g/mol. The molecule has 0 aromatic heterocycles. The minimum atomic E-state index is 0.772. The van der Waals surface area contributed by atoms with E-state index in [1.54, 1.807) is 0 Å². The topological polar surface area (TPSA) is 18.5 Å². The highest BCUT2D eigenvalue weighted by atomic mass is 15.2. The van der Waals surface area contributed by atoms with Crippen LogP contribution < -0.4 is 5.32 Å². The van der Waals surface area contributed by atoms with Gasteiger partial charge >= 0.3 is 0 Å². The normalized spacial score (nSPS) is 31.6. The summed E-state index contributed by atoms with van der Waals surface area (Å²) in [6, 6.07) is 1.56. The molecule has 3 rings (SSSR count). The van der Waals surface area contributed by atoms with Crippen LogP contribution in [0.1, 0.15) is 58.3 Å². The van der Waals surface area contributed by atoms with Gasteiger partial charge in [-0.3, -0.25) is 0 Å². The number of nitrogens with zero attached hydrogens (tertiary/aromatic N) is 2. The lowest BCUT2D eigenvalue weighted by Gasteiger charge is -2.39. The zero-order chi connectivity index (χ0) is 14.5. The van der Waals surface area contributed by atoms with Crippen LogP contribution in [0, 0.1) is 5.92 Å². The summed E-state index contributed by atoms with van der Waals surface area (Å²) in [5, 5.41) is 3.71. The second-order valence-electron chi connectivity index (χ2n) is 7.72. The van der Waals surface area contributed by atoms with Gasteiger partial charge in [-0.25, -0.2) is 0 Å². The van der Waals surface area contributed by atoms with Crippen LogP contribution in [-0.2, 0) is 0 Å². The van der Waals surface area contributed by atoms with Crippen molar-refractivity contribution in [2.75, 3.05) is 39.3 Å². The van der Waals surface area contributed by atoms with Gasteiger partial charge in [0.1, 0.15) is 0 Å². The minimum absolute atomic E-state index is 0.772. The molecule has 3 aliphatic rings. The van der Waals surface area contributed by atoms with Crippen LogP contribution in [-0.4, -0.2) is 61.2 Å². The molecule has 0 saturated carbocycles. The molecule has 0 spiro atoms. The fourth-order valence-corrected chi connectivity index (χ4v) is 4.59. The van der Waals surface area contributed by atoms with Crippen molar-refractivity contribution in [1.82, 2.24) is 15.1 Å². The Balaban J connectivity index is 1.35. The first-order valence-electron chi connectivity index (χ1n) is 9.51. The maximum Gasteiger partial charge on any atom is 0.00818 e. The van der Waals surface area contributed by atoms with E-state index in [1.165, 1.54) is 90.6 Å². The SMILES string of the molecule is CC(CC1CCCCN1)N1CCC(CN2CCCC2)CC1. The Hall–Kier alpha value is -0.120. The molecule has 3 saturated heterocycles. The standard InChI is InChI=1S/C18H35N3/c1-16(14-18-6-2-3-9-19-18)21-12-7-17(8-13-21)15-20-10-4-5-11-20/h16-19H,2-15H2,1H3. The van der Waals surface area contributed by atoms with Gasteiger partial charge in [0.2, 0.25) is 0 Å². The Morgan fingerprint density at radius 2 is 1.71 bits per heavy atom. The molecule has 0 aromatic carbocycles. The van der Waals surface area contributed by atoms with E-state index in [2.05, 4.69) is 22.0 Å². The molecule has 0 radical (unpaired) electrons. The number of piperidine rings is 2. The van der Waals surface area contributed by atoms with Crippen molar-refractivity contribution < 1.29 is 0 Å². The fraction of sp³-hybridized carbons (Fsp3) is 1.00. The quantitative estimate of drug-likeness (QED) is 0.841. The van der Waals surface area contributed by atoms with Crippen LogP contribution in [0.4, 0.5) is 0 Å². The van der Waals surface area contributed by atoms with Crippen LogP contribution in [0.15, 0.2) is 0 Å². The maximum atomic E-state index is 3.71. The zero-order valence-corrected chi connectivity index (χ0v) is 14.0. The third kappa shape index (κ3) is 4.67. The van der Waals surface area contributed by atoms with E-state index in [4.69, 9.17) is 0 Å². The second-order valence-corrected chi connectivity index (χ2v) is 7.72. The molecule has 2 atom stereocenters. The van der Waals surface area contributed by atoms with Crippen LogP contribution in [0.2, 0.25) is 0 Å². The first kappa shape index (κ1) is 15.8. The number of hydrogen-bond acceptors (Lipinski definition) is 3. The van der Waals surface area contributed by atoms with Gasteiger partial charge in [0, 0.05) is 18.6 Å². The predicted octanol–water partition coefficient (Wildman–Crippen LogP) is 2.71. The van der Waals surface area contributed by atoms with Gasteiger partial charge in [-0.2, -0.15) is 0 Å². The van der Waals surface area contributed by atoms with Crippen LogP contribution in [0.25, 0.3) is 0 Å². The lowest BCUT2D eigenvalue weighted by atomic mass is 9.93. The molecule has 0 bridgehead atoms. The highest BCUT2D eigenvalue weighted by Gasteiger charge is 2.26. The first-order valence-corrected chi connectivity index (χ1v) is 9.51. The van der Waals surface area contributed by atoms with Gasteiger partial charge in [-0.15, -0.1) is 0 Å². The predicted molar refractivity (Wildman–Crippen MR) is 89.7 cm³/mol. The molecule has 1 N–H and O–H groups in total. The number of nitrogens with one attached hydrogen (secondary N) is 1. The Morgan fingerprint density at radius 3 is 2.38 bits per heavy atom. The third-order valence-electron chi connectivity index (χ3n) is 6.03. The van der Waals surface area contributed by atoms with Gasteiger partial charge in [-0.1, -0.05) is 6.42 Å². The molecule has 0 aliphatic carbocycles. The van der Waals surface area contributed by atoms with Crippen LogP contribution >= 0.6 is 0 Å². The smallest absolute Gasteiger partial charge is 0.00818 e. The van der Waals surface area contributed by atoms with Crippen molar-refractivity contribution in [2.45, 2.75) is 70.4 Å². The molecule has 3 nitrogen and oxygen atoms in total. The van der Waals surface area contributed by atoms with E-state index in [1.807, 2.05) is 0 Å². The van der Waals surface area contributed by atoms with E-state index < -0.39 is 0 Å². The summed E-state index contributed by atoms with van der Waals surface area (Å²) in [6.45, 7) is 10.5. The number of likely N-dealkylation sites (tertiary alicyclic amines) is 2. The van der Waals surface area contributed by atoms with E-state index >= 15 is 0 Å². The number of rotatable bonds is 5. The van der Waals surface area contributed by atoms with Gasteiger partial charge in [0.25, 0.3) is 0 Å². The molecule has 3 heteroatoms. The lowest BCUT2D eigenvalue weighted by molar-refractivity contribution is 0.110. The summed E-state index contributed by atoms with van der Waals surface area (Å²) in [6.07, 6.45) is 11.3. The van der Waals surface area contributed by atoms with E-state index in [0.29, 0.717) is 0 Å². The van der Waals surface area contributed by atoms with Crippen molar-refractivity contribution in [3.63, 3.8) is 0 Å². The van der Waals surface area contributed by atoms with E-state index in [-0.39, 0.29) is 0 Å². The summed E-state index contributed by atoms with van der Waals surface area (Å²) in [4.78, 5) is 5.46. The summed E-state index contributed by atoms with van der Waals surface area (Å²) in [5.74, 6) is 0.972. The lowest BCUT2D eigenvalue weighted by Crippen LogP contribution is -2.45. The summed E-state index contributed by atoms with van der Waals surface area (Å²) in [5.41, 5.74) is 0. The largest absolute Gasteiger partial charge is 0.314 e. The Kier molecular flexibility index (Phi) is 5.96. The van der Waals surface area contributed by atoms with Crippen molar-refractivity contribution in [3.8, 4) is 0 Å². The van der Waals surface area contributed by atoms with E-state index in [9.17, 15) is 0 Å². The van der Waals surface area contributed by atoms with E-state index in [0.717, 1.165) is 18.0 Å². The zero-order valence-electron chi connectivity index (χ0n) is 14.0. The summed E-state index contributed by atoms with van der Waals surface area (Å²) < 4.78 is 0. The second kappa shape index (κ2) is 7.94. The van der Waals surface area contributed by atoms with Crippen molar-refractivity contribution >= 4 is 0 Å². The fourth-order valence-electron chi connectivity index (χ4n) is 4.59. The molecule has 122 valence electrons. The Bertz CT molecular complexity index is 287. The number of hydrogen-bond donors (Lipinski definition) is 1. The first-order chi connectivity index (χ1) is 10.3. The molecule has 0 aromatic rings. The molecular formula is C18H35N3.